The van der Waals surface area contributed by atoms with Crippen molar-refractivity contribution in [3.05, 3.63) is 24.3 Å². The second kappa shape index (κ2) is 15.6. The van der Waals surface area contributed by atoms with Gasteiger partial charge in [0, 0.05) is 10.3 Å². The van der Waals surface area contributed by atoms with Crippen LogP contribution in [0.1, 0.15) is 110 Å². The molecule has 0 aliphatic carbocycles. The Hall–Kier alpha value is 1.58. The molecule has 2 unspecified atom stereocenters. The standard InChI is InChI=1S/2C13H27P.2ClH.Pd/c2*1-8-9-10-13(14,11(2,3)4)12(5,6)7;;;/h2*9-10H,8,14H2,1-7H3;2*1H;/q;;;;+2/p-2. The van der Waals surface area contributed by atoms with E-state index in [4.69, 9.17) is 0 Å². The summed E-state index contributed by atoms with van der Waals surface area (Å²) in [5, 5.41) is 0.325. The van der Waals surface area contributed by atoms with E-state index in [0.29, 0.717) is 0 Å². The Morgan fingerprint density at radius 3 is 0.742 bits per heavy atom. The van der Waals surface area contributed by atoms with Gasteiger partial charge < -0.3 is 24.8 Å². The molecule has 5 heteroatoms. The van der Waals surface area contributed by atoms with Gasteiger partial charge in [0.05, 0.1) is 0 Å². The Labute approximate surface area is 228 Å². The summed E-state index contributed by atoms with van der Waals surface area (Å²) in [6, 6.07) is 0. The van der Waals surface area contributed by atoms with Crippen molar-refractivity contribution in [2.45, 2.75) is 120 Å². The fraction of sp³-hybridized carbons (Fsp3) is 0.846. The number of rotatable bonds is 4. The van der Waals surface area contributed by atoms with Gasteiger partial charge in [0.25, 0.3) is 0 Å². The number of hydrogen-bond donors (Lipinski definition) is 0. The molecule has 192 valence electrons. The van der Waals surface area contributed by atoms with Crippen LogP contribution in [0.5, 0.6) is 0 Å². The topological polar surface area (TPSA) is 0 Å². The van der Waals surface area contributed by atoms with Gasteiger partial charge >= 0.3 is 20.4 Å². The predicted octanol–water partition coefficient (Wildman–Crippen LogP) is 3.32. The second-order valence-corrected chi connectivity index (χ2v) is 14.2. The predicted molar refractivity (Wildman–Crippen MR) is 142 cm³/mol. The first-order chi connectivity index (χ1) is 12.1. The van der Waals surface area contributed by atoms with Crippen molar-refractivity contribution in [1.82, 2.24) is 0 Å². The maximum Gasteiger partial charge on any atom is 2.00 e. The summed E-state index contributed by atoms with van der Waals surface area (Å²) < 4.78 is 0. The van der Waals surface area contributed by atoms with Gasteiger partial charge in [-0.1, -0.05) is 121 Å². The summed E-state index contributed by atoms with van der Waals surface area (Å²) >= 11 is 0. The minimum atomic E-state index is 0. The van der Waals surface area contributed by atoms with Crippen molar-refractivity contribution < 1.29 is 45.2 Å². The SMILES string of the molecule is CCC=CC(P)(C(C)(C)C)C(C)(C)C.CCC=CC(P)(C(C)(C)C)C(C)(C)C.[Cl-].[Cl-].[Pd+2]. The van der Waals surface area contributed by atoms with Gasteiger partial charge in [-0.3, -0.25) is 0 Å². The minimum Gasteiger partial charge on any atom is -1.00 e. The number of allylic oxidation sites excluding steroid dienone is 4. The molecule has 0 aliphatic heterocycles. The Morgan fingerprint density at radius 2 is 0.645 bits per heavy atom. The van der Waals surface area contributed by atoms with Crippen LogP contribution in [0.3, 0.4) is 0 Å². The average Bonchev–Trinajstić information content (AvgIpc) is 2.46. The summed E-state index contributed by atoms with van der Waals surface area (Å²) in [5.41, 5.74) is 1.06. The molecule has 0 spiro atoms. The van der Waals surface area contributed by atoms with Gasteiger partial charge in [0.15, 0.2) is 0 Å². The quantitative estimate of drug-likeness (QED) is 0.262. The molecule has 31 heavy (non-hydrogen) atoms. The van der Waals surface area contributed by atoms with E-state index in [0.717, 1.165) is 12.8 Å². The van der Waals surface area contributed by atoms with Crippen molar-refractivity contribution in [3.63, 3.8) is 0 Å². The first-order valence-electron chi connectivity index (χ1n) is 11.1. The molecule has 0 aliphatic rings. The van der Waals surface area contributed by atoms with E-state index in [9.17, 15) is 0 Å². The maximum atomic E-state index is 3.07. The molecular formula is C26H54Cl2P2Pd. The van der Waals surface area contributed by atoms with Gasteiger partial charge in [-0.15, -0.1) is 18.5 Å². The number of hydrogen-bond acceptors (Lipinski definition) is 0. The van der Waals surface area contributed by atoms with E-state index in [1.165, 1.54) is 0 Å². The van der Waals surface area contributed by atoms with Gasteiger partial charge in [-0.25, -0.2) is 0 Å². The fourth-order valence-electron chi connectivity index (χ4n) is 3.86. The summed E-state index contributed by atoms with van der Waals surface area (Å²) in [5.74, 6) is 0. The van der Waals surface area contributed by atoms with E-state index >= 15 is 0 Å². The van der Waals surface area contributed by atoms with E-state index < -0.39 is 0 Å². The maximum absolute atomic E-state index is 3.07. The third-order valence-corrected chi connectivity index (χ3v) is 10.0. The van der Waals surface area contributed by atoms with Crippen LogP contribution in [-0.2, 0) is 20.4 Å². The Morgan fingerprint density at radius 1 is 0.484 bits per heavy atom. The van der Waals surface area contributed by atoms with Crippen LogP contribution in [-0.4, -0.2) is 10.3 Å². The van der Waals surface area contributed by atoms with Gasteiger partial charge in [0.2, 0.25) is 0 Å². The summed E-state index contributed by atoms with van der Waals surface area (Å²) in [7, 11) is 6.14. The van der Waals surface area contributed by atoms with Crippen molar-refractivity contribution in [1.29, 1.82) is 0 Å². The van der Waals surface area contributed by atoms with Crippen LogP contribution in [0, 0.1) is 21.7 Å². The van der Waals surface area contributed by atoms with Crippen molar-refractivity contribution in [3.8, 4) is 0 Å². The zero-order valence-electron chi connectivity index (χ0n) is 23.0. The molecule has 0 nitrogen and oxygen atoms in total. The van der Waals surface area contributed by atoms with Crippen LogP contribution in [0.4, 0.5) is 0 Å². The smallest absolute Gasteiger partial charge is 1.00 e. The molecule has 0 heterocycles. The second-order valence-electron chi connectivity index (χ2n) is 12.4. The third-order valence-electron chi connectivity index (χ3n) is 6.20. The summed E-state index contributed by atoms with van der Waals surface area (Å²) in [4.78, 5) is 0. The molecule has 0 bridgehead atoms. The third kappa shape index (κ3) is 12.2. The van der Waals surface area contributed by atoms with E-state index in [-0.39, 0.29) is 77.2 Å². The first kappa shape index (κ1) is 42.7. The molecule has 0 saturated heterocycles. The molecule has 2 atom stereocenters. The largest absolute Gasteiger partial charge is 2.00 e. The van der Waals surface area contributed by atoms with E-state index in [2.05, 4.69) is 140 Å². The molecule has 0 aromatic carbocycles. The zero-order chi connectivity index (χ0) is 23.2. The van der Waals surface area contributed by atoms with E-state index in [1.54, 1.807) is 0 Å². The minimum absolute atomic E-state index is 0. The number of halogens is 2. The van der Waals surface area contributed by atoms with Gasteiger partial charge in [-0.05, 0) is 34.5 Å². The van der Waals surface area contributed by atoms with Crippen LogP contribution in [0.25, 0.3) is 0 Å². The average molecular weight is 606 g/mol. The van der Waals surface area contributed by atoms with E-state index in [1.807, 2.05) is 0 Å². The summed E-state index contributed by atoms with van der Waals surface area (Å²) in [6.07, 6.45) is 11.5. The molecule has 0 aromatic heterocycles. The van der Waals surface area contributed by atoms with Gasteiger partial charge in [0.1, 0.15) is 0 Å². The molecule has 0 aromatic rings. The Bertz CT molecular complexity index is 437. The summed E-state index contributed by atoms with van der Waals surface area (Å²) in [6.45, 7) is 32.1. The van der Waals surface area contributed by atoms with Crippen LogP contribution >= 0.6 is 18.5 Å². The first-order valence-corrected chi connectivity index (χ1v) is 12.2. The van der Waals surface area contributed by atoms with Crippen molar-refractivity contribution in [2.24, 2.45) is 21.7 Å². The molecule has 0 radical (unpaired) electrons. The zero-order valence-corrected chi connectivity index (χ0v) is 28.3. The fourth-order valence-corrected chi connectivity index (χ4v) is 4.13. The monoisotopic (exact) mass is 604 g/mol. The normalized spacial score (nSPS) is 13.7. The van der Waals surface area contributed by atoms with Crippen LogP contribution < -0.4 is 24.8 Å². The van der Waals surface area contributed by atoms with Gasteiger partial charge in [-0.2, -0.15) is 0 Å². The molecule has 0 saturated carbocycles. The Balaban J connectivity index is -0.000000133. The van der Waals surface area contributed by atoms with Crippen molar-refractivity contribution in [2.75, 3.05) is 0 Å². The van der Waals surface area contributed by atoms with Crippen LogP contribution in [0.2, 0.25) is 0 Å². The molecule has 0 N–H and O–H groups in total. The molecule has 0 rings (SSSR count). The molecule has 0 amide bonds. The Kier molecular flexibility index (Phi) is 21.4. The van der Waals surface area contributed by atoms with Crippen molar-refractivity contribution >= 4 is 18.5 Å². The molecular weight excluding hydrogens is 552 g/mol. The molecule has 0 fully saturated rings. The van der Waals surface area contributed by atoms with Crippen LogP contribution in [0.15, 0.2) is 24.3 Å².